The van der Waals surface area contributed by atoms with E-state index in [2.05, 4.69) is 30.9 Å². The summed E-state index contributed by atoms with van der Waals surface area (Å²) in [6.07, 6.45) is 0.511. The molecule has 2 aromatic heterocycles. The Bertz CT molecular complexity index is 1270. The van der Waals surface area contributed by atoms with Crippen LogP contribution in [0.3, 0.4) is 0 Å². The van der Waals surface area contributed by atoms with Crippen molar-refractivity contribution in [2.24, 2.45) is 5.92 Å². The minimum atomic E-state index is -4.52. The molecule has 3 heterocycles. The maximum absolute atomic E-state index is 13.6. The number of amides is 1. The van der Waals surface area contributed by atoms with Crippen LogP contribution in [0.2, 0.25) is 0 Å². The number of carbonyl (C=O) groups excluding carboxylic acids is 1. The van der Waals surface area contributed by atoms with Crippen LogP contribution in [0, 0.1) is 5.92 Å². The quantitative estimate of drug-likeness (QED) is 0.210. The fourth-order valence-electron chi connectivity index (χ4n) is 4.52. The van der Waals surface area contributed by atoms with Gasteiger partial charge in [-0.3, -0.25) is 4.79 Å². The molecule has 198 valence electrons. The summed E-state index contributed by atoms with van der Waals surface area (Å²) in [7, 11) is 0. The van der Waals surface area contributed by atoms with Crippen LogP contribution >= 0.6 is 0 Å². The van der Waals surface area contributed by atoms with Crippen LogP contribution < -0.4 is 20.7 Å². The van der Waals surface area contributed by atoms with E-state index in [1.165, 1.54) is 0 Å². The number of aromatic amines is 1. The Morgan fingerprint density at radius 2 is 2.14 bits per heavy atom. The SMILES string of the molecule is CC(Cc1ccc(Nc2nc(NCC3CC3)c3c(C(F)(F)F)c[nH]c3n2)c2c1CCO2)OCCNC=O. The number of halogens is 3. The minimum absolute atomic E-state index is 0.0569. The Morgan fingerprint density at radius 1 is 1.30 bits per heavy atom. The molecule has 1 saturated carbocycles. The van der Waals surface area contributed by atoms with Crippen molar-refractivity contribution in [3.63, 3.8) is 0 Å². The molecule has 1 atom stereocenters. The zero-order valence-electron chi connectivity index (χ0n) is 20.4. The lowest BCUT2D eigenvalue weighted by atomic mass is 9.99. The van der Waals surface area contributed by atoms with Gasteiger partial charge in [-0.2, -0.15) is 23.1 Å². The van der Waals surface area contributed by atoms with Crippen LogP contribution in [0.5, 0.6) is 5.75 Å². The number of fused-ring (bicyclic) bond motifs is 2. The zero-order chi connectivity index (χ0) is 26.0. The van der Waals surface area contributed by atoms with Crippen LogP contribution in [0.25, 0.3) is 11.0 Å². The summed E-state index contributed by atoms with van der Waals surface area (Å²) in [5.74, 6) is 1.46. The summed E-state index contributed by atoms with van der Waals surface area (Å²) in [6, 6.07) is 3.85. The van der Waals surface area contributed by atoms with Crippen LogP contribution in [-0.2, 0) is 28.5 Å². The number of carbonyl (C=O) groups is 1. The molecule has 9 nitrogen and oxygen atoms in total. The first kappa shape index (κ1) is 25.1. The molecule has 1 amide bonds. The van der Waals surface area contributed by atoms with Gasteiger partial charge in [0.2, 0.25) is 12.4 Å². The molecule has 5 rings (SSSR count). The van der Waals surface area contributed by atoms with E-state index in [0.29, 0.717) is 56.5 Å². The van der Waals surface area contributed by atoms with E-state index < -0.39 is 11.7 Å². The minimum Gasteiger partial charge on any atom is -0.491 e. The standard InChI is InChI=1S/C25H29F3N6O3/c1-14(36-9-7-29-13-35)10-16-4-5-19(21-17(16)6-8-37-21)32-24-33-22(30-11-15-2-3-15)20-18(25(26,27)28)12-31-23(20)34-24/h4-5,12-15H,2-3,6-11H2,1H3,(H,29,35)(H3,30,31,32,33,34). The van der Waals surface area contributed by atoms with Gasteiger partial charge in [0.25, 0.3) is 0 Å². The lowest BCUT2D eigenvalue weighted by Crippen LogP contribution is -2.22. The van der Waals surface area contributed by atoms with E-state index in [1.807, 2.05) is 19.1 Å². The molecule has 3 aromatic rings. The number of hydrogen-bond acceptors (Lipinski definition) is 7. The smallest absolute Gasteiger partial charge is 0.418 e. The molecule has 0 radical (unpaired) electrons. The number of hydrogen-bond donors (Lipinski definition) is 4. The molecule has 0 bridgehead atoms. The number of rotatable bonds is 12. The van der Waals surface area contributed by atoms with Crippen LogP contribution in [-0.4, -0.2) is 53.8 Å². The highest BCUT2D eigenvalue weighted by Gasteiger charge is 2.36. The number of H-pyrrole nitrogens is 1. The van der Waals surface area contributed by atoms with Crippen molar-refractivity contribution in [2.75, 3.05) is 36.9 Å². The average molecular weight is 519 g/mol. The first-order valence-electron chi connectivity index (χ1n) is 12.4. The Balaban J connectivity index is 1.39. The number of ether oxygens (including phenoxy) is 2. The van der Waals surface area contributed by atoms with E-state index in [1.54, 1.807) is 0 Å². The third kappa shape index (κ3) is 5.74. The fraction of sp³-hybridized carbons (Fsp3) is 0.480. The van der Waals surface area contributed by atoms with Crippen LogP contribution in [0.1, 0.15) is 36.5 Å². The monoisotopic (exact) mass is 518 g/mol. The van der Waals surface area contributed by atoms with Crippen molar-refractivity contribution in [3.8, 4) is 5.75 Å². The largest absolute Gasteiger partial charge is 0.491 e. The molecule has 2 aliphatic rings. The summed E-state index contributed by atoms with van der Waals surface area (Å²) >= 11 is 0. The second kappa shape index (κ2) is 10.4. The van der Waals surface area contributed by atoms with Crippen molar-refractivity contribution < 1.29 is 27.4 Å². The third-order valence-corrected chi connectivity index (χ3v) is 6.53. The van der Waals surface area contributed by atoms with Gasteiger partial charge in [-0.05, 0) is 43.7 Å². The van der Waals surface area contributed by atoms with Crippen LogP contribution in [0.15, 0.2) is 18.3 Å². The highest BCUT2D eigenvalue weighted by Crippen LogP contribution is 2.41. The van der Waals surface area contributed by atoms with Gasteiger partial charge in [-0.15, -0.1) is 0 Å². The van der Waals surface area contributed by atoms with Gasteiger partial charge >= 0.3 is 6.18 Å². The zero-order valence-corrected chi connectivity index (χ0v) is 20.4. The fourth-order valence-corrected chi connectivity index (χ4v) is 4.52. The molecule has 4 N–H and O–H groups in total. The van der Waals surface area contributed by atoms with Gasteiger partial charge in [-0.1, -0.05) is 6.07 Å². The van der Waals surface area contributed by atoms with E-state index in [0.717, 1.165) is 36.6 Å². The first-order chi connectivity index (χ1) is 17.8. The maximum atomic E-state index is 13.6. The van der Waals surface area contributed by atoms with Crippen molar-refractivity contribution in [1.82, 2.24) is 20.3 Å². The summed E-state index contributed by atoms with van der Waals surface area (Å²) < 4.78 is 52.5. The summed E-state index contributed by atoms with van der Waals surface area (Å²) in [6.45, 7) is 3.93. The Kier molecular flexibility index (Phi) is 7.09. The van der Waals surface area contributed by atoms with E-state index in [-0.39, 0.29) is 28.9 Å². The highest BCUT2D eigenvalue weighted by molar-refractivity contribution is 5.92. The average Bonchev–Trinajstić information content (AvgIpc) is 3.35. The molecule has 37 heavy (non-hydrogen) atoms. The van der Waals surface area contributed by atoms with Gasteiger partial charge in [-0.25, -0.2) is 0 Å². The molecule has 1 aliphatic heterocycles. The Labute approximate surface area is 211 Å². The number of anilines is 3. The topological polar surface area (TPSA) is 113 Å². The predicted molar refractivity (Wildman–Crippen MR) is 132 cm³/mol. The van der Waals surface area contributed by atoms with E-state index in [4.69, 9.17) is 9.47 Å². The lowest BCUT2D eigenvalue weighted by molar-refractivity contribution is -0.136. The molecule has 0 saturated heterocycles. The normalized spacial score (nSPS) is 15.8. The van der Waals surface area contributed by atoms with Gasteiger partial charge in [0.1, 0.15) is 17.2 Å². The number of benzene rings is 1. The van der Waals surface area contributed by atoms with Crippen LogP contribution in [0.4, 0.5) is 30.6 Å². The molecule has 1 aliphatic carbocycles. The summed E-state index contributed by atoms with van der Waals surface area (Å²) in [5, 5.41) is 8.77. The molecular weight excluding hydrogens is 489 g/mol. The van der Waals surface area contributed by atoms with Crippen molar-refractivity contribution >= 4 is 34.9 Å². The third-order valence-electron chi connectivity index (χ3n) is 6.53. The Hall–Kier alpha value is -3.54. The van der Waals surface area contributed by atoms with Gasteiger partial charge in [0.05, 0.1) is 36.0 Å². The first-order valence-corrected chi connectivity index (χ1v) is 12.4. The molecule has 1 aromatic carbocycles. The molecular formula is C25H29F3N6O3. The second-order valence-corrected chi connectivity index (χ2v) is 9.40. The van der Waals surface area contributed by atoms with Gasteiger partial charge < -0.3 is 30.4 Å². The lowest BCUT2D eigenvalue weighted by Gasteiger charge is -2.17. The van der Waals surface area contributed by atoms with Gasteiger partial charge in [0.15, 0.2) is 0 Å². The Morgan fingerprint density at radius 3 is 2.89 bits per heavy atom. The second-order valence-electron chi connectivity index (χ2n) is 9.40. The molecule has 0 spiro atoms. The van der Waals surface area contributed by atoms with Gasteiger partial charge in [0, 0.05) is 31.3 Å². The number of alkyl halides is 3. The molecule has 1 fully saturated rings. The number of nitrogens with one attached hydrogen (secondary N) is 4. The number of aromatic nitrogens is 3. The van der Waals surface area contributed by atoms with E-state index in [9.17, 15) is 18.0 Å². The molecule has 12 heteroatoms. The highest BCUT2D eigenvalue weighted by atomic mass is 19.4. The van der Waals surface area contributed by atoms with Crippen molar-refractivity contribution in [1.29, 1.82) is 0 Å². The van der Waals surface area contributed by atoms with Crippen molar-refractivity contribution in [2.45, 2.75) is 44.9 Å². The molecule has 1 unspecified atom stereocenters. The number of nitrogens with zero attached hydrogens (tertiary/aromatic N) is 2. The predicted octanol–water partition coefficient (Wildman–Crippen LogP) is 4.17. The maximum Gasteiger partial charge on any atom is 0.418 e. The summed E-state index contributed by atoms with van der Waals surface area (Å²) in [4.78, 5) is 21.8. The van der Waals surface area contributed by atoms with Crippen molar-refractivity contribution in [3.05, 3.63) is 35.0 Å². The summed E-state index contributed by atoms with van der Waals surface area (Å²) in [5.41, 5.74) is 2.11. The van der Waals surface area contributed by atoms with E-state index >= 15 is 0 Å².